The molecule has 1 aliphatic heterocycles. The molecule has 6 heteroatoms. The second-order valence-corrected chi connectivity index (χ2v) is 9.30. The van der Waals surface area contributed by atoms with Gasteiger partial charge in [-0.2, -0.15) is 0 Å². The van der Waals surface area contributed by atoms with Crippen LogP contribution in [0.2, 0.25) is 5.02 Å². The molecular weight excluding hydrogens is 450 g/mol. The first-order valence-corrected chi connectivity index (χ1v) is 11.6. The summed E-state index contributed by atoms with van der Waals surface area (Å²) >= 11 is 12.2. The van der Waals surface area contributed by atoms with E-state index in [2.05, 4.69) is 47.2 Å². The van der Waals surface area contributed by atoms with Crippen LogP contribution in [0.3, 0.4) is 0 Å². The molecule has 1 aliphatic rings. The summed E-state index contributed by atoms with van der Waals surface area (Å²) in [6.45, 7) is 6.19. The number of pyridine rings is 1. The zero-order valence-electron chi connectivity index (χ0n) is 18.7. The van der Waals surface area contributed by atoms with Crippen molar-refractivity contribution in [2.45, 2.75) is 32.9 Å². The molecule has 1 fully saturated rings. The molecule has 4 aromatic rings. The van der Waals surface area contributed by atoms with E-state index in [0.29, 0.717) is 5.11 Å². The third-order valence-corrected chi connectivity index (χ3v) is 6.68. The fourth-order valence-corrected chi connectivity index (χ4v) is 4.95. The van der Waals surface area contributed by atoms with E-state index in [0.717, 1.165) is 39.1 Å². The number of aromatic nitrogens is 1. The normalized spacial score (nSPS) is 17.9. The molecule has 2 aromatic heterocycles. The summed E-state index contributed by atoms with van der Waals surface area (Å²) in [5.74, 6) is 1.58. The van der Waals surface area contributed by atoms with E-state index < -0.39 is 0 Å². The molecule has 5 rings (SSSR count). The van der Waals surface area contributed by atoms with Crippen LogP contribution in [0.15, 0.2) is 77.3 Å². The fraction of sp³-hybridized carbons (Fsp3) is 0.185. The third kappa shape index (κ3) is 4.14. The van der Waals surface area contributed by atoms with E-state index >= 15 is 0 Å². The molecule has 0 aliphatic carbocycles. The SMILES string of the molecule is Cc1cc(C)cc(N2C(=S)NC(c3ccccn3)C2c2ccc(-c3ccc(C)c(Cl)c3)o2)c1. The number of anilines is 1. The van der Waals surface area contributed by atoms with Gasteiger partial charge in [-0.3, -0.25) is 4.98 Å². The standard InChI is InChI=1S/C27H24ClN3OS/c1-16-12-17(2)14-20(13-16)31-26(25(30-27(31)33)22-6-4-5-11-29-22)24-10-9-23(32-24)19-8-7-18(3)21(28)15-19/h4-15,25-26H,1-3H3,(H,30,33). The fourth-order valence-electron chi connectivity index (χ4n) is 4.42. The van der Waals surface area contributed by atoms with Crippen molar-refractivity contribution in [3.05, 3.63) is 106 Å². The van der Waals surface area contributed by atoms with Gasteiger partial charge in [0.05, 0.1) is 11.7 Å². The van der Waals surface area contributed by atoms with Crippen LogP contribution in [0.4, 0.5) is 5.69 Å². The predicted octanol–water partition coefficient (Wildman–Crippen LogP) is 7.10. The largest absolute Gasteiger partial charge is 0.459 e. The minimum absolute atomic E-state index is 0.153. The van der Waals surface area contributed by atoms with E-state index in [1.807, 2.05) is 55.5 Å². The monoisotopic (exact) mass is 473 g/mol. The quantitative estimate of drug-likeness (QED) is 0.320. The van der Waals surface area contributed by atoms with Gasteiger partial charge < -0.3 is 14.6 Å². The molecular formula is C27H24ClN3OS. The van der Waals surface area contributed by atoms with E-state index in [1.54, 1.807) is 6.20 Å². The van der Waals surface area contributed by atoms with Crippen LogP contribution in [0.1, 0.15) is 40.2 Å². The summed E-state index contributed by atoms with van der Waals surface area (Å²) in [7, 11) is 0. The Morgan fingerprint density at radius 2 is 1.76 bits per heavy atom. The summed E-state index contributed by atoms with van der Waals surface area (Å²) in [6, 6.07) is 22.0. The Bertz CT molecular complexity index is 1310. The summed E-state index contributed by atoms with van der Waals surface area (Å²) < 4.78 is 6.43. The molecule has 2 aromatic carbocycles. The molecule has 0 amide bonds. The molecule has 2 unspecified atom stereocenters. The molecule has 0 radical (unpaired) electrons. The third-order valence-electron chi connectivity index (χ3n) is 5.96. The lowest BCUT2D eigenvalue weighted by Gasteiger charge is -2.26. The van der Waals surface area contributed by atoms with Crippen molar-refractivity contribution in [2.75, 3.05) is 4.90 Å². The van der Waals surface area contributed by atoms with Gasteiger partial charge in [0.1, 0.15) is 17.6 Å². The Hall–Kier alpha value is -3.15. The molecule has 166 valence electrons. The maximum Gasteiger partial charge on any atom is 0.174 e. The molecule has 33 heavy (non-hydrogen) atoms. The highest BCUT2D eigenvalue weighted by molar-refractivity contribution is 7.80. The molecule has 0 spiro atoms. The van der Waals surface area contributed by atoms with Crippen LogP contribution in [0.25, 0.3) is 11.3 Å². The topological polar surface area (TPSA) is 41.3 Å². The molecule has 1 saturated heterocycles. The number of benzene rings is 2. The number of hydrogen-bond donors (Lipinski definition) is 1. The van der Waals surface area contributed by atoms with Gasteiger partial charge in [-0.05, 0) is 92.1 Å². The maximum atomic E-state index is 6.43. The van der Waals surface area contributed by atoms with E-state index in [1.165, 1.54) is 11.1 Å². The van der Waals surface area contributed by atoms with E-state index in [4.69, 9.17) is 28.2 Å². The minimum Gasteiger partial charge on any atom is -0.459 e. The number of rotatable bonds is 4. The lowest BCUT2D eigenvalue weighted by molar-refractivity contribution is 0.439. The van der Waals surface area contributed by atoms with Gasteiger partial charge >= 0.3 is 0 Å². The summed E-state index contributed by atoms with van der Waals surface area (Å²) in [6.07, 6.45) is 1.80. The maximum absolute atomic E-state index is 6.43. The highest BCUT2D eigenvalue weighted by atomic mass is 35.5. The van der Waals surface area contributed by atoms with Crippen LogP contribution in [-0.2, 0) is 0 Å². The minimum atomic E-state index is -0.191. The number of furan rings is 1. The number of nitrogens with one attached hydrogen (secondary N) is 1. The average molecular weight is 474 g/mol. The Kier molecular flexibility index (Phi) is 5.69. The number of nitrogens with zero attached hydrogens (tertiary/aromatic N) is 2. The highest BCUT2D eigenvalue weighted by Gasteiger charge is 2.42. The van der Waals surface area contributed by atoms with Gasteiger partial charge in [-0.15, -0.1) is 0 Å². The molecule has 0 saturated carbocycles. The number of hydrogen-bond acceptors (Lipinski definition) is 3. The van der Waals surface area contributed by atoms with Gasteiger partial charge in [-0.1, -0.05) is 35.9 Å². The number of thiocarbonyl (C=S) groups is 1. The van der Waals surface area contributed by atoms with Crippen molar-refractivity contribution >= 4 is 34.6 Å². The second-order valence-electron chi connectivity index (χ2n) is 8.51. The van der Waals surface area contributed by atoms with Crippen molar-refractivity contribution in [1.29, 1.82) is 0 Å². The first-order chi connectivity index (χ1) is 15.9. The van der Waals surface area contributed by atoms with Crippen LogP contribution < -0.4 is 10.2 Å². The van der Waals surface area contributed by atoms with Crippen molar-refractivity contribution < 1.29 is 4.42 Å². The van der Waals surface area contributed by atoms with Crippen molar-refractivity contribution in [2.24, 2.45) is 0 Å². The lowest BCUT2D eigenvalue weighted by Crippen LogP contribution is -2.29. The summed E-state index contributed by atoms with van der Waals surface area (Å²) in [5.41, 5.74) is 6.29. The van der Waals surface area contributed by atoms with E-state index in [-0.39, 0.29) is 12.1 Å². The number of halogens is 1. The summed E-state index contributed by atoms with van der Waals surface area (Å²) in [4.78, 5) is 6.75. The molecule has 2 atom stereocenters. The van der Waals surface area contributed by atoms with E-state index in [9.17, 15) is 0 Å². The van der Waals surface area contributed by atoms with Crippen molar-refractivity contribution in [3.63, 3.8) is 0 Å². The Morgan fingerprint density at radius 3 is 2.45 bits per heavy atom. The van der Waals surface area contributed by atoms with Crippen molar-refractivity contribution in [1.82, 2.24) is 10.3 Å². The Balaban J connectivity index is 1.61. The Labute approximate surface area is 204 Å². The second kappa shape index (κ2) is 8.65. The zero-order chi connectivity index (χ0) is 23.1. The Morgan fingerprint density at radius 1 is 0.970 bits per heavy atom. The van der Waals surface area contributed by atoms with Gasteiger partial charge in [0.25, 0.3) is 0 Å². The van der Waals surface area contributed by atoms with Gasteiger partial charge in [-0.25, -0.2) is 0 Å². The van der Waals surface area contributed by atoms with Gasteiger partial charge in [0.2, 0.25) is 0 Å². The first-order valence-electron chi connectivity index (χ1n) is 10.9. The van der Waals surface area contributed by atoms with Crippen molar-refractivity contribution in [3.8, 4) is 11.3 Å². The summed E-state index contributed by atoms with van der Waals surface area (Å²) in [5, 5.41) is 4.86. The zero-order valence-corrected chi connectivity index (χ0v) is 20.2. The van der Waals surface area contributed by atoms with Crippen LogP contribution >= 0.6 is 23.8 Å². The number of aryl methyl sites for hydroxylation is 3. The molecule has 0 bridgehead atoms. The smallest absolute Gasteiger partial charge is 0.174 e. The van der Waals surface area contributed by atoms with Crippen LogP contribution in [-0.4, -0.2) is 10.1 Å². The molecule has 4 nitrogen and oxygen atoms in total. The van der Waals surface area contributed by atoms with Gasteiger partial charge in [0, 0.05) is 22.5 Å². The first kappa shape index (κ1) is 21.7. The molecule has 3 heterocycles. The van der Waals surface area contributed by atoms with Crippen LogP contribution in [0, 0.1) is 20.8 Å². The average Bonchev–Trinajstić information content (AvgIpc) is 3.40. The predicted molar refractivity (Wildman–Crippen MR) is 138 cm³/mol. The lowest BCUT2D eigenvalue weighted by atomic mass is 10.0. The molecule has 1 N–H and O–H groups in total. The van der Waals surface area contributed by atoms with Crippen LogP contribution in [0.5, 0.6) is 0 Å². The highest BCUT2D eigenvalue weighted by Crippen LogP contribution is 2.43. The van der Waals surface area contributed by atoms with Gasteiger partial charge in [0.15, 0.2) is 5.11 Å².